The lowest BCUT2D eigenvalue weighted by molar-refractivity contribution is 0.0698. The molecule has 104 valence electrons. The molecule has 2 aromatic rings. The second-order valence-electron chi connectivity index (χ2n) is 3.95. The summed E-state index contributed by atoms with van der Waals surface area (Å²) >= 11 is 0. The summed E-state index contributed by atoms with van der Waals surface area (Å²) in [7, 11) is 0. The topological polar surface area (TPSA) is 75.3 Å². The number of hydrogen-bond donors (Lipinski definition) is 3. The van der Waals surface area contributed by atoms with Gasteiger partial charge in [-0.05, 0) is 24.3 Å². The summed E-state index contributed by atoms with van der Waals surface area (Å²) in [5.74, 6) is -4.16. The van der Waals surface area contributed by atoms with Gasteiger partial charge in [0.1, 0.15) is 23.1 Å². The average Bonchev–Trinajstić information content (AvgIpc) is 2.35. The molecule has 0 heterocycles. The van der Waals surface area contributed by atoms with Crippen molar-refractivity contribution in [2.75, 3.05) is 11.1 Å². The summed E-state index contributed by atoms with van der Waals surface area (Å²) in [5.41, 5.74) is 3.73. The number of nitrogens with two attached hydrogens (primary N) is 1. The third-order valence-electron chi connectivity index (χ3n) is 2.59. The summed E-state index contributed by atoms with van der Waals surface area (Å²) in [6.45, 7) is 0. The lowest BCUT2D eigenvalue weighted by Crippen LogP contribution is -2.06. The third kappa shape index (κ3) is 2.51. The molecule has 0 spiro atoms. The van der Waals surface area contributed by atoms with Crippen LogP contribution in [-0.4, -0.2) is 11.1 Å². The van der Waals surface area contributed by atoms with Crippen molar-refractivity contribution in [3.63, 3.8) is 0 Å². The highest BCUT2D eigenvalue weighted by atomic mass is 19.1. The minimum Gasteiger partial charge on any atom is -0.478 e. The van der Waals surface area contributed by atoms with E-state index >= 15 is 0 Å². The summed E-state index contributed by atoms with van der Waals surface area (Å²) in [4.78, 5) is 10.9. The van der Waals surface area contributed by atoms with Gasteiger partial charge in [-0.3, -0.25) is 0 Å². The molecule has 0 saturated carbocycles. The van der Waals surface area contributed by atoms with Crippen LogP contribution in [0.4, 0.5) is 30.2 Å². The van der Waals surface area contributed by atoms with Crippen LogP contribution in [-0.2, 0) is 0 Å². The molecule has 0 amide bonds. The van der Waals surface area contributed by atoms with Crippen molar-refractivity contribution >= 4 is 23.0 Å². The maximum Gasteiger partial charge on any atom is 0.337 e. The van der Waals surface area contributed by atoms with E-state index in [1.54, 1.807) is 0 Å². The molecule has 4 N–H and O–H groups in total. The molecule has 0 aliphatic rings. The highest BCUT2D eigenvalue weighted by Gasteiger charge is 2.16. The van der Waals surface area contributed by atoms with E-state index in [1.165, 1.54) is 0 Å². The molecular formula is C13H9F3N2O2. The molecule has 7 heteroatoms. The number of rotatable bonds is 3. The fourth-order valence-electron chi connectivity index (χ4n) is 1.62. The first-order valence-electron chi connectivity index (χ1n) is 5.43. The number of anilines is 3. The fourth-order valence-corrected chi connectivity index (χ4v) is 1.62. The first-order valence-corrected chi connectivity index (χ1v) is 5.43. The molecule has 2 aromatic carbocycles. The Balaban J connectivity index is 2.49. The third-order valence-corrected chi connectivity index (χ3v) is 2.59. The minimum absolute atomic E-state index is 0.283. The number of aromatic carboxylic acids is 1. The SMILES string of the molecule is Nc1cc(F)c(Nc2c(F)cccc2F)cc1C(=O)O. The monoisotopic (exact) mass is 282 g/mol. The Morgan fingerprint density at radius 2 is 1.70 bits per heavy atom. The normalized spacial score (nSPS) is 10.3. The number of nitrogens with one attached hydrogen (secondary N) is 1. The maximum absolute atomic E-state index is 13.7. The Bertz CT molecular complexity index is 669. The number of para-hydroxylation sites is 1. The quantitative estimate of drug-likeness (QED) is 0.756. The van der Waals surface area contributed by atoms with Gasteiger partial charge in [-0.2, -0.15) is 0 Å². The van der Waals surface area contributed by atoms with E-state index in [4.69, 9.17) is 10.8 Å². The van der Waals surface area contributed by atoms with Crippen LogP contribution in [0.5, 0.6) is 0 Å². The molecule has 0 aliphatic carbocycles. The van der Waals surface area contributed by atoms with Crippen molar-refractivity contribution in [3.8, 4) is 0 Å². The van der Waals surface area contributed by atoms with Crippen molar-refractivity contribution in [3.05, 3.63) is 53.3 Å². The zero-order chi connectivity index (χ0) is 14.9. The molecule has 0 fully saturated rings. The van der Waals surface area contributed by atoms with Gasteiger partial charge >= 0.3 is 5.97 Å². The van der Waals surface area contributed by atoms with Crippen LogP contribution in [0, 0.1) is 17.5 Å². The first kappa shape index (κ1) is 13.7. The van der Waals surface area contributed by atoms with E-state index < -0.39 is 29.1 Å². The highest BCUT2D eigenvalue weighted by molar-refractivity contribution is 5.95. The molecule has 0 aliphatic heterocycles. The second kappa shape index (κ2) is 5.12. The van der Waals surface area contributed by atoms with Crippen LogP contribution < -0.4 is 11.1 Å². The van der Waals surface area contributed by atoms with Gasteiger partial charge in [-0.25, -0.2) is 18.0 Å². The van der Waals surface area contributed by atoms with Crippen molar-refractivity contribution in [1.29, 1.82) is 0 Å². The smallest absolute Gasteiger partial charge is 0.337 e. The predicted octanol–water partition coefficient (Wildman–Crippen LogP) is 3.13. The molecule has 0 unspecified atom stereocenters. The summed E-state index contributed by atoms with van der Waals surface area (Å²) < 4.78 is 40.5. The maximum atomic E-state index is 13.7. The van der Waals surface area contributed by atoms with Crippen molar-refractivity contribution in [2.45, 2.75) is 0 Å². The van der Waals surface area contributed by atoms with E-state index in [0.29, 0.717) is 0 Å². The lowest BCUT2D eigenvalue weighted by Gasteiger charge is -2.11. The van der Waals surface area contributed by atoms with Gasteiger partial charge in [0.2, 0.25) is 0 Å². The Hall–Kier alpha value is -2.70. The molecule has 20 heavy (non-hydrogen) atoms. The highest BCUT2D eigenvalue weighted by Crippen LogP contribution is 2.28. The Morgan fingerprint density at radius 1 is 1.10 bits per heavy atom. The first-order chi connectivity index (χ1) is 9.40. The van der Waals surface area contributed by atoms with Gasteiger partial charge in [-0.1, -0.05) is 6.07 Å². The molecule has 0 radical (unpaired) electrons. The van der Waals surface area contributed by atoms with Gasteiger partial charge < -0.3 is 16.2 Å². The zero-order valence-electron chi connectivity index (χ0n) is 9.95. The molecule has 0 aromatic heterocycles. The number of benzene rings is 2. The van der Waals surface area contributed by atoms with Gasteiger partial charge in [0, 0.05) is 5.69 Å². The van der Waals surface area contributed by atoms with E-state index in [2.05, 4.69) is 5.32 Å². The van der Waals surface area contributed by atoms with Crippen LogP contribution in [0.25, 0.3) is 0 Å². The van der Waals surface area contributed by atoms with Crippen molar-refractivity contribution < 1.29 is 23.1 Å². The van der Waals surface area contributed by atoms with Gasteiger partial charge in [-0.15, -0.1) is 0 Å². The van der Waals surface area contributed by atoms with Crippen molar-refractivity contribution in [2.24, 2.45) is 0 Å². The van der Waals surface area contributed by atoms with Crippen LogP contribution in [0.1, 0.15) is 10.4 Å². The van der Waals surface area contributed by atoms with Crippen molar-refractivity contribution in [1.82, 2.24) is 0 Å². The number of halogens is 3. The lowest BCUT2D eigenvalue weighted by atomic mass is 10.1. The molecular weight excluding hydrogens is 273 g/mol. The largest absolute Gasteiger partial charge is 0.478 e. The standard InChI is InChI=1S/C13H9F3N2O2/c14-7-2-1-3-8(15)12(7)18-11-4-6(13(19)20)10(17)5-9(11)16/h1-5,18H,17H2,(H,19,20). The number of carboxylic acid groups (broad SMARTS) is 1. The summed E-state index contributed by atoms with van der Waals surface area (Å²) in [6.07, 6.45) is 0. The van der Waals surface area contributed by atoms with Gasteiger partial charge in [0.15, 0.2) is 0 Å². The van der Waals surface area contributed by atoms with Gasteiger partial charge in [0.25, 0.3) is 0 Å². The molecule has 2 rings (SSSR count). The van der Waals surface area contributed by atoms with Crippen LogP contribution in [0.2, 0.25) is 0 Å². The fraction of sp³-hybridized carbons (Fsp3) is 0. The Morgan fingerprint density at radius 3 is 2.25 bits per heavy atom. The van der Waals surface area contributed by atoms with E-state index in [1.807, 2.05) is 0 Å². The molecule has 0 atom stereocenters. The molecule has 0 bridgehead atoms. The molecule has 4 nitrogen and oxygen atoms in total. The van der Waals surface area contributed by atoms with E-state index in [0.717, 1.165) is 30.3 Å². The molecule has 0 saturated heterocycles. The summed E-state index contributed by atoms with van der Waals surface area (Å²) in [5, 5.41) is 11.1. The summed E-state index contributed by atoms with van der Waals surface area (Å²) in [6, 6.07) is 4.76. The zero-order valence-corrected chi connectivity index (χ0v) is 9.95. The van der Waals surface area contributed by atoms with Crippen LogP contribution >= 0.6 is 0 Å². The predicted molar refractivity (Wildman–Crippen MR) is 67.4 cm³/mol. The number of carboxylic acids is 1. The average molecular weight is 282 g/mol. The Kier molecular flexibility index (Phi) is 3.51. The minimum atomic E-state index is -1.38. The van der Waals surface area contributed by atoms with Gasteiger partial charge in [0.05, 0.1) is 11.3 Å². The van der Waals surface area contributed by atoms with E-state index in [9.17, 15) is 18.0 Å². The van der Waals surface area contributed by atoms with Crippen LogP contribution in [0.3, 0.4) is 0 Å². The Labute approximate surface area is 111 Å². The second-order valence-corrected chi connectivity index (χ2v) is 3.95. The number of nitrogen functional groups attached to an aromatic ring is 1. The van der Waals surface area contributed by atoms with E-state index in [-0.39, 0.29) is 16.9 Å². The number of hydrogen-bond acceptors (Lipinski definition) is 3. The van der Waals surface area contributed by atoms with Crippen LogP contribution in [0.15, 0.2) is 30.3 Å². The number of carbonyl (C=O) groups is 1.